The third kappa shape index (κ3) is 4.12. The van der Waals surface area contributed by atoms with E-state index in [-0.39, 0.29) is 22.9 Å². The molecule has 9 heteroatoms. The normalized spacial score (nSPS) is 17.7. The van der Waals surface area contributed by atoms with Crippen LogP contribution in [-0.4, -0.2) is 41.7 Å². The van der Waals surface area contributed by atoms with Gasteiger partial charge >= 0.3 is 0 Å². The van der Waals surface area contributed by atoms with Gasteiger partial charge in [-0.05, 0) is 61.0 Å². The fraction of sp³-hybridized carbons (Fsp3) is 0.286. The molecule has 1 aliphatic heterocycles. The van der Waals surface area contributed by atoms with Crippen molar-refractivity contribution in [2.45, 2.75) is 24.7 Å². The monoisotopic (exact) mass is 426 g/mol. The summed E-state index contributed by atoms with van der Waals surface area (Å²) in [4.78, 5) is 31.1. The molecule has 2 aromatic heterocycles. The fourth-order valence-electron chi connectivity index (χ4n) is 3.59. The molecule has 0 radical (unpaired) electrons. The molecule has 0 aliphatic carbocycles. The number of benzene rings is 1. The van der Waals surface area contributed by atoms with Gasteiger partial charge in [0, 0.05) is 30.9 Å². The van der Waals surface area contributed by atoms with E-state index in [0.717, 1.165) is 5.56 Å². The number of nitrogens with zero attached hydrogens (tertiary/aromatic N) is 2. The van der Waals surface area contributed by atoms with Gasteiger partial charge in [0.1, 0.15) is 5.82 Å². The molecule has 1 fully saturated rings. The molecule has 30 heavy (non-hydrogen) atoms. The van der Waals surface area contributed by atoms with Crippen molar-refractivity contribution in [1.82, 2.24) is 14.3 Å². The third-order valence-corrected chi connectivity index (χ3v) is 7.11. The zero-order valence-electron chi connectivity index (χ0n) is 16.5. The Kier molecular flexibility index (Phi) is 5.40. The highest BCUT2D eigenvalue weighted by molar-refractivity contribution is 7.89. The molecule has 1 atom stereocenters. The number of H-pyrrole nitrogens is 1. The standard InChI is InChI=1S/C21H22N4O4S/c1-14-4-8-19(22-12-14)24-21(27)16-3-2-10-25(13-16)30(28,29)17-6-7-18-15(11-17)5-9-20(26)23-18/h4-9,11-12,16H,2-3,10,13H2,1H3,(H,23,26)(H,22,24,27)/t16-/m1/s1. The number of sulfonamides is 1. The van der Waals surface area contributed by atoms with E-state index < -0.39 is 15.9 Å². The van der Waals surface area contributed by atoms with Gasteiger partial charge in [-0.3, -0.25) is 9.59 Å². The molecule has 8 nitrogen and oxygen atoms in total. The quantitative estimate of drug-likeness (QED) is 0.665. The minimum atomic E-state index is -3.76. The van der Waals surface area contributed by atoms with Crippen LogP contribution in [0.15, 0.2) is 58.4 Å². The number of carbonyl (C=O) groups excluding carboxylic acids is 1. The lowest BCUT2D eigenvalue weighted by Crippen LogP contribution is -2.43. The van der Waals surface area contributed by atoms with Gasteiger partial charge in [-0.25, -0.2) is 13.4 Å². The molecule has 3 heterocycles. The number of rotatable bonds is 4. The van der Waals surface area contributed by atoms with Crippen LogP contribution >= 0.6 is 0 Å². The van der Waals surface area contributed by atoms with Gasteiger partial charge in [0.25, 0.3) is 0 Å². The fourth-order valence-corrected chi connectivity index (χ4v) is 5.15. The van der Waals surface area contributed by atoms with E-state index in [1.165, 1.54) is 16.4 Å². The maximum absolute atomic E-state index is 13.2. The Morgan fingerprint density at radius 2 is 2.03 bits per heavy atom. The number of hydrogen-bond donors (Lipinski definition) is 2. The number of aromatic nitrogens is 2. The molecular formula is C21H22N4O4S. The van der Waals surface area contributed by atoms with Gasteiger partial charge in [-0.15, -0.1) is 0 Å². The number of piperidine rings is 1. The molecule has 0 unspecified atom stereocenters. The number of aromatic amines is 1. The average molecular weight is 426 g/mol. The maximum atomic E-state index is 13.2. The Bertz CT molecular complexity index is 1250. The smallest absolute Gasteiger partial charge is 0.248 e. The van der Waals surface area contributed by atoms with Crippen molar-refractivity contribution in [1.29, 1.82) is 0 Å². The van der Waals surface area contributed by atoms with E-state index >= 15 is 0 Å². The van der Waals surface area contributed by atoms with Gasteiger partial charge < -0.3 is 10.3 Å². The molecule has 0 bridgehead atoms. The number of pyridine rings is 2. The molecule has 156 valence electrons. The molecule has 1 amide bonds. The van der Waals surface area contributed by atoms with Crippen LogP contribution in [0.1, 0.15) is 18.4 Å². The van der Waals surface area contributed by atoms with Gasteiger partial charge in [0.2, 0.25) is 21.5 Å². The highest BCUT2D eigenvalue weighted by Crippen LogP contribution is 2.26. The van der Waals surface area contributed by atoms with Crippen LogP contribution in [0.25, 0.3) is 10.9 Å². The van der Waals surface area contributed by atoms with Gasteiger partial charge in [0.05, 0.1) is 10.8 Å². The summed E-state index contributed by atoms with van der Waals surface area (Å²) in [6, 6.07) is 11.1. The number of aryl methyl sites for hydroxylation is 1. The zero-order chi connectivity index (χ0) is 21.3. The number of carbonyl (C=O) groups is 1. The molecule has 1 saturated heterocycles. The van der Waals surface area contributed by atoms with Crippen LogP contribution < -0.4 is 10.9 Å². The summed E-state index contributed by atoms with van der Waals surface area (Å²) in [7, 11) is -3.76. The second kappa shape index (κ2) is 8.00. The van der Waals surface area contributed by atoms with Crippen molar-refractivity contribution in [2.75, 3.05) is 18.4 Å². The first kappa shape index (κ1) is 20.2. The SMILES string of the molecule is Cc1ccc(NC(=O)[C@@H]2CCCN(S(=O)(=O)c3ccc4[nH]c(=O)ccc4c3)C2)nc1. The van der Waals surface area contributed by atoms with Crippen molar-refractivity contribution in [3.8, 4) is 0 Å². The minimum Gasteiger partial charge on any atom is -0.322 e. The van der Waals surface area contributed by atoms with Crippen LogP contribution in [0, 0.1) is 12.8 Å². The Morgan fingerprint density at radius 3 is 2.80 bits per heavy atom. The summed E-state index contributed by atoms with van der Waals surface area (Å²) in [6.45, 7) is 2.38. The molecule has 0 spiro atoms. The Hall–Kier alpha value is -3.04. The Labute approximate surface area is 174 Å². The minimum absolute atomic E-state index is 0.115. The first-order valence-electron chi connectivity index (χ1n) is 9.70. The lowest BCUT2D eigenvalue weighted by atomic mass is 9.99. The van der Waals surface area contributed by atoms with Gasteiger partial charge in [-0.1, -0.05) is 6.07 Å². The van der Waals surface area contributed by atoms with Crippen molar-refractivity contribution in [3.63, 3.8) is 0 Å². The molecule has 1 aromatic carbocycles. The van der Waals surface area contributed by atoms with Crippen molar-refractivity contribution < 1.29 is 13.2 Å². The molecule has 0 saturated carbocycles. The summed E-state index contributed by atoms with van der Waals surface area (Å²) >= 11 is 0. The van der Waals surface area contributed by atoms with Crippen molar-refractivity contribution >= 4 is 32.7 Å². The zero-order valence-corrected chi connectivity index (χ0v) is 17.3. The highest BCUT2D eigenvalue weighted by Gasteiger charge is 2.33. The molecule has 4 rings (SSSR count). The van der Waals surface area contributed by atoms with E-state index in [4.69, 9.17) is 0 Å². The predicted octanol–water partition coefficient (Wildman–Crippen LogP) is 2.27. The summed E-state index contributed by atoms with van der Waals surface area (Å²) in [5, 5.41) is 3.41. The molecule has 2 N–H and O–H groups in total. The molecule has 3 aromatic rings. The second-order valence-corrected chi connectivity index (χ2v) is 9.42. The molecule has 1 aliphatic rings. The number of hydrogen-bond acceptors (Lipinski definition) is 5. The second-order valence-electron chi connectivity index (χ2n) is 7.48. The first-order chi connectivity index (χ1) is 14.3. The van der Waals surface area contributed by atoms with Crippen LogP contribution in [-0.2, 0) is 14.8 Å². The summed E-state index contributed by atoms with van der Waals surface area (Å²) in [5.41, 5.74) is 1.32. The van der Waals surface area contributed by atoms with E-state index in [9.17, 15) is 18.0 Å². The third-order valence-electron chi connectivity index (χ3n) is 5.25. The van der Waals surface area contributed by atoms with Crippen LogP contribution in [0.3, 0.4) is 0 Å². The number of anilines is 1. The number of nitrogens with one attached hydrogen (secondary N) is 2. The predicted molar refractivity (Wildman–Crippen MR) is 114 cm³/mol. The number of fused-ring (bicyclic) bond motifs is 1. The van der Waals surface area contributed by atoms with Crippen molar-refractivity contribution in [3.05, 3.63) is 64.6 Å². The van der Waals surface area contributed by atoms with Crippen LogP contribution in [0.2, 0.25) is 0 Å². The van der Waals surface area contributed by atoms with Gasteiger partial charge in [-0.2, -0.15) is 4.31 Å². The summed E-state index contributed by atoms with van der Waals surface area (Å²) in [5.74, 6) is -0.232. The van der Waals surface area contributed by atoms with Gasteiger partial charge in [0.15, 0.2) is 0 Å². The lowest BCUT2D eigenvalue weighted by molar-refractivity contribution is -0.120. The van der Waals surface area contributed by atoms with Crippen molar-refractivity contribution in [2.24, 2.45) is 5.92 Å². The average Bonchev–Trinajstić information content (AvgIpc) is 2.75. The van der Waals surface area contributed by atoms with E-state index in [1.54, 1.807) is 30.5 Å². The molecular weight excluding hydrogens is 404 g/mol. The lowest BCUT2D eigenvalue weighted by Gasteiger charge is -2.31. The van der Waals surface area contributed by atoms with E-state index in [0.29, 0.717) is 36.1 Å². The number of amides is 1. The first-order valence-corrected chi connectivity index (χ1v) is 11.1. The van der Waals surface area contributed by atoms with E-state index in [2.05, 4.69) is 15.3 Å². The van der Waals surface area contributed by atoms with Crippen LogP contribution in [0.5, 0.6) is 0 Å². The van der Waals surface area contributed by atoms with Crippen LogP contribution in [0.4, 0.5) is 5.82 Å². The van der Waals surface area contributed by atoms with E-state index in [1.807, 2.05) is 13.0 Å². The summed E-state index contributed by atoms with van der Waals surface area (Å²) < 4.78 is 27.7. The Balaban J connectivity index is 1.53. The topological polar surface area (TPSA) is 112 Å². The Morgan fingerprint density at radius 1 is 1.20 bits per heavy atom. The largest absolute Gasteiger partial charge is 0.322 e. The highest BCUT2D eigenvalue weighted by atomic mass is 32.2. The maximum Gasteiger partial charge on any atom is 0.248 e. The summed E-state index contributed by atoms with van der Waals surface area (Å²) in [6.07, 6.45) is 2.88.